The summed E-state index contributed by atoms with van der Waals surface area (Å²) in [5.41, 5.74) is 1.03. The van der Waals surface area contributed by atoms with Crippen LogP contribution in [0, 0.1) is 0 Å². The van der Waals surface area contributed by atoms with Crippen molar-refractivity contribution in [3.8, 4) is 0 Å². The molecule has 2 rings (SSSR count). The van der Waals surface area contributed by atoms with Gasteiger partial charge in [-0.05, 0) is 31.9 Å². The first kappa shape index (κ1) is 17.0. The van der Waals surface area contributed by atoms with Crippen molar-refractivity contribution in [2.75, 3.05) is 20.1 Å². The third-order valence-electron chi connectivity index (χ3n) is 4.39. The first-order chi connectivity index (χ1) is 10.5. The van der Waals surface area contributed by atoms with Crippen molar-refractivity contribution in [1.29, 1.82) is 0 Å². The molecule has 1 saturated heterocycles. The van der Waals surface area contributed by atoms with Crippen LogP contribution in [0.3, 0.4) is 0 Å². The molecular formula is C16H24N2O3S. The summed E-state index contributed by atoms with van der Waals surface area (Å²) >= 11 is 0. The van der Waals surface area contributed by atoms with E-state index in [9.17, 15) is 13.2 Å². The van der Waals surface area contributed by atoms with E-state index in [2.05, 4.69) is 4.72 Å². The van der Waals surface area contributed by atoms with Gasteiger partial charge in [-0.25, -0.2) is 13.1 Å². The number of hydrogen-bond donors (Lipinski definition) is 1. The Morgan fingerprint density at radius 1 is 1.27 bits per heavy atom. The summed E-state index contributed by atoms with van der Waals surface area (Å²) in [7, 11) is -1.80. The number of carbonyl (C=O) groups excluding carboxylic acids is 1. The van der Waals surface area contributed by atoms with Gasteiger partial charge in [0, 0.05) is 13.1 Å². The van der Waals surface area contributed by atoms with Crippen LogP contribution in [-0.4, -0.2) is 44.6 Å². The van der Waals surface area contributed by atoms with E-state index in [1.165, 1.54) is 7.05 Å². The average molecular weight is 324 g/mol. The van der Waals surface area contributed by atoms with Crippen LogP contribution in [0.25, 0.3) is 0 Å². The number of amides is 1. The molecule has 0 saturated carbocycles. The molecule has 1 atom stereocenters. The molecule has 1 heterocycles. The van der Waals surface area contributed by atoms with Gasteiger partial charge in [-0.15, -0.1) is 0 Å². The number of likely N-dealkylation sites (tertiary alicyclic amines) is 1. The zero-order valence-electron chi connectivity index (χ0n) is 13.2. The number of benzene rings is 1. The summed E-state index contributed by atoms with van der Waals surface area (Å²) in [5.74, 6) is -0.0346. The molecule has 122 valence electrons. The normalized spacial score (nSPS) is 18.2. The van der Waals surface area contributed by atoms with E-state index in [1.807, 2.05) is 42.2 Å². The molecule has 1 aliphatic rings. The lowest BCUT2D eigenvalue weighted by atomic mass is 9.94. The lowest BCUT2D eigenvalue weighted by Crippen LogP contribution is -2.46. The highest BCUT2D eigenvalue weighted by Crippen LogP contribution is 2.25. The van der Waals surface area contributed by atoms with E-state index in [4.69, 9.17) is 0 Å². The summed E-state index contributed by atoms with van der Waals surface area (Å²) in [6.07, 6.45) is 1.75. The summed E-state index contributed by atoms with van der Waals surface area (Å²) in [5, 5.41) is -0.390. The van der Waals surface area contributed by atoms with Crippen LogP contribution in [0.2, 0.25) is 0 Å². The van der Waals surface area contributed by atoms with Crippen molar-refractivity contribution in [1.82, 2.24) is 9.62 Å². The fourth-order valence-corrected chi connectivity index (χ4v) is 4.18. The van der Waals surface area contributed by atoms with Gasteiger partial charge >= 0.3 is 0 Å². The third-order valence-corrected chi connectivity index (χ3v) is 6.30. The minimum atomic E-state index is -3.24. The number of rotatable bonds is 5. The van der Waals surface area contributed by atoms with Crippen molar-refractivity contribution >= 4 is 15.9 Å². The molecule has 0 bridgehead atoms. The Morgan fingerprint density at radius 2 is 1.86 bits per heavy atom. The molecule has 1 N–H and O–H groups in total. The summed E-state index contributed by atoms with van der Waals surface area (Å²) in [6.45, 7) is 3.02. The Hall–Kier alpha value is -1.40. The molecule has 0 aliphatic carbocycles. The van der Waals surface area contributed by atoms with E-state index < -0.39 is 15.3 Å². The van der Waals surface area contributed by atoms with Crippen LogP contribution >= 0.6 is 0 Å². The van der Waals surface area contributed by atoms with Gasteiger partial charge in [0.1, 0.15) is 0 Å². The van der Waals surface area contributed by atoms with Gasteiger partial charge in [0.05, 0.1) is 11.2 Å². The molecule has 0 aromatic heterocycles. The van der Waals surface area contributed by atoms with Gasteiger partial charge in [-0.3, -0.25) is 4.79 Å². The smallest absolute Gasteiger partial charge is 0.230 e. The highest BCUT2D eigenvalue weighted by atomic mass is 32.2. The Labute approximate surface area is 132 Å². The zero-order chi connectivity index (χ0) is 16.2. The van der Waals surface area contributed by atoms with Crippen molar-refractivity contribution in [2.24, 2.45) is 0 Å². The van der Waals surface area contributed by atoms with Crippen LogP contribution in [-0.2, 0) is 14.8 Å². The molecule has 1 aliphatic heterocycles. The lowest BCUT2D eigenvalue weighted by Gasteiger charge is -2.33. The molecule has 1 amide bonds. The molecule has 22 heavy (non-hydrogen) atoms. The van der Waals surface area contributed by atoms with E-state index in [0.717, 1.165) is 12.0 Å². The molecule has 1 fully saturated rings. The van der Waals surface area contributed by atoms with Crippen LogP contribution in [0.4, 0.5) is 0 Å². The van der Waals surface area contributed by atoms with E-state index in [1.54, 1.807) is 0 Å². The first-order valence-electron chi connectivity index (χ1n) is 7.75. The summed E-state index contributed by atoms with van der Waals surface area (Å²) < 4.78 is 26.0. The third kappa shape index (κ3) is 3.67. The second kappa shape index (κ2) is 7.24. The average Bonchev–Trinajstić information content (AvgIpc) is 2.56. The zero-order valence-corrected chi connectivity index (χ0v) is 14.0. The molecule has 1 aromatic carbocycles. The molecule has 0 radical (unpaired) electrons. The lowest BCUT2D eigenvalue weighted by molar-refractivity contribution is -0.133. The molecule has 0 spiro atoms. The van der Waals surface area contributed by atoms with Gasteiger partial charge in [0.15, 0.2) is 0 Å². The van der Waals surface area contributed by atoms with Crippen molar-refractivity contribution in [2.45, 2.75) is 37.4 Å². The Balaban J connectivity index is 2.03. The topological polar surface area (TPSA) is 66.5 Å². The molecular weight excluding hydrogens is 300 g/mol. The fourth-order valence-electron chi connectivity index (χ4n) is 3.01. The molecule has 0 unspecified atom stereocenters. The van der Waals surface area contributed by atoms with E-state index in [-0.39, 0.29) is 11.8 Å². The second-order valence-electron chi connectivity index (χ2n) is 5.65. The van der Waals surface area contributed by atoms with Crippen molar-refractivity contribution in [3.63, 3.8) is 0 Å². The minimum Gasteiger partial charge on any atom is -0.342 e. The first-order valence-corrected chi connectivity index (χ1v) is 9.30. The van der Waals surface area contributed by atoms with Crippen molar-refractivity contribution in [3.05, 3.63) is 35.9 Å². The highest BCUT2D eigenvalue weighted by molar-refractivity contribution is 7.90. The predicted molar refractivity (Wildman–Crippen MR) is 87.1 cm³/mol. The van der Waals surface area contributed by atoms with Crippen molar-refractivity contribution < 1.29 is 13.2 Å². The Kier molecular flexibility index (Phi) is 5.58. The van der Waals surface area contributed by atoms with Crippen LogP contribution in [0.5, 0.6) is 0 Å². The number of nitrogens with zero attached hydrogens (tertiary/aromatic N) is 1. The predicted octanol–water partition coefficient (Wildman–Crippen LogP) is 1.72. The van der Waals surface area contributed by atoms with Crippen LogP contribution < -0.4 is 4.72 Å². The molecule has 6 heteroatoms. The maximum Gasteiger partial charge on any atom is 0.230 e. The van der Waals surface area contributed by atoms with Crippen LogP contribution in [0.1, 0.15) is 37.7 Å². The fraction of sp³-hybridized carbons (Fsp3) is 0.562. The van der Waals surface area contributed by atoms with E-state index >= 15 is 0 Å². The van der Waals surface area contributed by atoms with Gasteiger partial charge in [-0.1, -0.05) is 37.3 Å². The largest absolute Gasteiger partial charge is 0.342 e. The summed E-state index contributed by atoms with van der Waals surface area (Å²) in [4.78, 5) is 14.5. The van der Waals surface area contributed by atoms with Gasteiger partial charge in [0.25, 0.3) is 0 Å². The number of hydrogen-bond acceptors (Lipinski definition) is 3. The quantitative estimate of drug-likeness (QED) is 0.897. The Morgan fingerprint density at radius 3 is 2.36 bits per heavy atom. The Bertz CT molecular complexity index is 593. The maximum atomic E-state index is 12.7. The highest BCUT2D eigenvalue weighted by Gasteiger charge is 2.32. The maximum absolute atomic E-state index is 12.7. The minimum absolute atomic E-state index is 0.106. The SMILES string of the molecule is CC[C@@H](C(=O)N1CCC(S(=O)(=O)NC)CC1)c1ccccc1. The number of sulfonamides is 1. The van der Waals surface area contributed by atoms with Gasteiger partial charge in [0.2, 0.25) is 15.9 Å². The van der Waals surface area contributed by atoms with Crippen LogP contribution in [0.15, 0.2) is 30.3 Å². The summed E-state index contributed by atoms with van der Waals surface area (Å²) in [6, 6.07) is 9.78. The number of carbonyl (C=O) groups is 1. The molecule has 5 nitrogen and oxygen atoms in total. The van der Waals surface area contributed by atoms with Gasteiger partial charge in [-0.2, -0.15) is 0 Å². The second-order valence-corrected chi connectivity index (χ2v) is 7.81. The molecule has 1 aromatic rings. The standard InChI is InChI=1S/C16H24N2O3S/c1-3-15(13-7-5-4-6-8-13)16(19)18-11-9-14(10-12-18)22(20,21)17-2/h4-8,14-15,17H,3,9-12H2,1-2H3/t15-/m1/s1. The number of piperidine rings is 1. The van der Waals surface area contributed by atoms with Gasteiger partial charge < -0.3 is 4.90 Å². The monoisotopic (exact) mass is 324 g/mol. The number of nitrogens with one attached hydrogen (secondary N) is 1. The van der Waals surface area contributed by atoms with E-state index in [0.29, 0.717) is 25.9 Å².